The summed E-state index contributed by atoms with van der Waals surface area (Å²) in [5.41, 5.74) is 7.40. The van der Waals surface area contributed by atoms with Gasteiger partial charge in [-0.2, -0.15) is 17.2 Å². The van der Waals surface area contributed by atoms with E-state index in [0.717, 1.165) is 28.2 Å². The first-order chi connectivity index (χ1) is 19.1. The van der Waals surface area contributed by atoms with E-state index in [2.05, 4.69) is 72.6 Å². The molecule has 4 aromatic carbocycles. The first-order valence-corrected chi connectivity index (χ1v) is 12.7. The summed E-state index contributed by atoms with van der Waals surface area (Å²) in [6.07, 6.45) is 1.68. The SMILES string of the molecule is Cc1nn(-c2[c-]c(Oc3[c-]c(Oc4ccccn4)ccc3)ccc2)c(C)c1-c1ccc(-c2ccccc2)cc1.[Pd+2]. The Hall–Kier alpha value is -4.50. The maximum absolute atomic E-state index is 6.08. The molecule has 0 aliphatic heterocycles. The van der Waals surface area contributed by atoms with E-state index in [0.29, 0.717) is 23.1 Å². The van der Waals surface area contributed by atoms with Gasteiger partial charge in [0, 0.05) is 40.8 Å². The molecule has 40 heavy (non-hydrogen) atoms. The molecule has 6 rings (SSSR count). The fourth-order valence-electron chi connectivity index (χ4n) is 4.56. The number of aryl methyl sites for hydroxylation is 1. The van der Waals surface area contributed by atoms with E-state index in [9.17, 15) is 0 Å². The second-order valence-electron chi connectivity index (χ2n) is 9.05. The van der Waals surface area contributed by atoms with Crippen LogP contribution in [0.15, 0.2) is 115 Å². The van der Waals surface area contributed by atoms with E-state index < -0.39 is 0 Å². The molecule has 0 saturated heterocycles. The summed E-state index contributed by atoms with van der Waals surface area (Å²) in [4.78, 5) is 4.19. The first kappa shape index (κ1) is 27.1. The Kier molecular flexibility index (Phi) is 8.21. The first-order valence-electron chi connectivity index (χ1n) is 12.7. The van der Waals surface area contributed by atoms with E-state index in [-0.39, 0.29) is 20.4 Å². The quantitative estimate of drug-likeness (QED) is 0.134. The topological polar surface area (TPSA) is 49.2 Å². The van der Waals surface area contributed by atoms with Crippen LogP contribution in [0.4, 0.5) is 0 Å². The molecule has 0 atom stereocenters. The number of pyridine rings is 1. The molecule has 198 valence electrons. The third kappa shape index (κ3) is 5.89. The molecule has 0 radical (unpaired) electrons. The number of ether oxygens (including phenoxy) is 2. The fourth-order valence-corrected chi connectivity index (χ4v) is 4.56. The van der Waals surface area contributed by atoms with Crippen molar-refractivity contribution in [3.8, 4) is 51.1 Å². The summed E-state index contributed by atoms with van der Waals surface area (Å²) >= 11 is 0. The van der Waals surface area contributed by atoms with Gasteiger partial charge < -0.3 is 9.47 Å². The van der Waals surface area contributed by atoms with E-state index in [4.69, 9.17) is 14.6 Å². The van der Waals surface area contributed by atoms with Crippen molar-refractivity contribution in [3.63, 3.8) is 0 Å². The van der Waals surface area contributed by atoms with Crippen molar-refractivity contribution in [1.29, 1.82) is 0 Å². The molecule has 0 spiro atoms. The van der Waals surface area contributed by atoms with Crippen molar-refractivity contribution >= 4 is 0 Å². The third-order valence-electron chi connectivity index (χ3n) is 6.37. The van der Waals surface area contributed by atoms with E-state index in [1.165, 1.54) is 11.1 Å². The summed E-state index contributed by atoms with van der Waals surface area (Å²) in [5.74, 6) is 2.09. The maximum atomic E-state index is 6.08. The Morgan fingerprint density at radius 1 is 0.600 bits per heavy atom. The molecule has 0 fully saturated rings. The Morgan fingerprint density at radius 3 is 1.95 bits per heavy atom. The Morgan fingerprint density at radius 2 is 1.23 bits per heavy atom. The summed E-state index contributed by atoms with van der Waals surface area (Å²) in [5, 5.41) is 4.84. The number of benzene rings is 4. The summed E-state index contributed by atoms with van der Waals surface area (Å²) in [7, 11) is 0. The molecule has 0 aliphatic carbocycles. The number of hydrogen-bond acceptors (Lipinski definition) is 4. The molecular formula is C34H25N3O2Pd. The van der Waals surface area contributed by atoms with Crippen molar-refractivity contribution in [2.75, 3.05) is 0 Å². The largest absolute Gasteiger partial charge is 2.00 e. The minimum absolute atomic E-state index is 0. The molecule has 0 saturated carbocycles. The number of rotatable bonds is 7. The van der Waals surface area contributed by atoms with Crippen LogP contribution >= 0.6 is 0 Å². The minimum Gasteiger partial charge on any atom is -0.509 e. The molecule has 0 amide bonds. The van der Waals surface area contributed by atoms with Crippen LogP contribution in [0, 0.1) is 26.0 Å². The van der Waals surface area contributed by atoms with Crippen LogP contribution in [-0.2, 0) is 20.4 Å². The van der Waals surface area contributed by atoms with Crippen LogP contribution in [0.25, 0.3) is 27.9 Å². The summed E-state index contributed by atoms with van der Waals surface area (Å²) in [6, 6.07) is 42.2. The van der Waals surface area contributed by atoms with Crippen molar-refractivity contribution in [3.05, 3.63) is 139 Å². The fraction of sp³-hybridized carbons (Fsp3) is 0.0588. The third-order valence-corrected chi connectivity index (χ3v) is 6.37. The van der Waals surface area contributed by atoms with Crippen LogP contribution in [0.3, 0.4) is 0 Å². The standard InChI is InChI=1S/C34H25N3O2.Pd/c1-24-34(28-19-17-27(18-20-28)26-10-4-3-5-11-26)25(2)37(36-24)29-12-8-13-30(22-29)38-31-14-9-15-32(23-31)39-33-16-6-7-21-35-33;/h3-21H,1-2H3;/q-2;+2. The molecule has 0 N–H and O–H groups in total. The van der Waals surface area contributed by atoms with Crippen LogP contribution in [-0.4, -0.2) is 14.8 Å². The van der Waals surface area contributed by atoms with E-state index in [1.54, 1.807) is 12.3 Å². The maximum Gasteiger partial charge on any atom is 2.00 e. The van der Waals surface area contributed by atoms with Gasteiger partial charge in [0.05, 0.1) is 5.69 Å². The monoisotopic (exact) mass is 613 g/mol. The average molecular weight is 614 g/mol. The molecule has 2 aromatic heterocycles. The average Bonchev–Trinajstić information content (AvgIpc) is 3.28. The van der Waals surface area contributed by atoms with Crippen molar-refractivity contribution in [2.45, 2.75) is 13.8 Å². The molecular weight excluding hydrogens is 589 g/mol. The molecule has 5 nitrogen and oxygen atoms in total. The number of nitrogens with zero attached hydrogens (tertiary/aromatic N) is 3. The second-order valence-corrected chi connectivity index (χ2v) is 9.05. The van der Waals surface area contributed by atoms with Gasteiger partial charge in [-0.1, -0.05) is 66.7 Å². The Labute approximate surface area is 247 Å². The molecule has 0 unspecified atom stereocenters. The Bertz CT molecular complexity index is 1720. The van der Waals surface area contributed by atoms with Crippen LogP contribution in [0.5, 0.6) is 23.1 Å². The van der Waals surface area contributed by atoms with Gasteiger partial charge >= 0.3 is 20.4 Å². The van der Waals surface area contributed by atoms with Crippen molar-refractivity contribution < 1.29 is 29.9 Å². The summed E-state index contributed by atoms with van der Waals surface area (Å²) in [6.45, 7) is 4.11. The zero-order valence-electron chi connectivity index (χ0n) is 21.9. The zero-order chi connectivity index (χ0) is 26.6. The van der Waals surface area contributed by atoms with Crippen LogP contribution < -0.4 is 9.47 Å². The van der Waals surface area contributed by atoms with E-state index >= 15 is 0 Å². The van der Waals surface area contributed by atoms with Gasteiger partial charge in [-0.25, -0.2) is 4.98 Å². The second kappa shape index (κ2) is 12.1. The Balaban J connectivity index is 0.00000323. The van der Waals surface area contributed by atoms with Crippen LogP contribution in [0.1, 0.15) is 11.4 Å². The molecule has 6 aromatic rings. The minimum atomic E-state index is 0. The predicted octanol–water partition coefficient (Wildman–Crippen LogP) is 8.40. The van der Waals surface area contributed by atoms with Gasteiger partial charge in [-0.3, -0.25) is 4.68 Å². The smallest absolute Gasteiger partial charge is 0.509 e. The van der Waals surface area contributed by atoms with E-state index in [1.807, 2.05) is 66.2 Å². The predicted molar refractivity (Wildman–Crippen MR) is 152 cm³/mol. The number of aromatic nitrogens is 3. The molecule has 2 heterocycles. The van der Waals surface area contributed by atoms with Gasteiger partial charge in [0.15, 0.2) is 0 Å². The van der Waals surface area contributed by atoms with Gasteiger partial charge in [0.1, 0.15) is 0 Å². The van der Waals surface area contributed by atoms with Crippen molar-refractivity contribution in [1.82, 2.24) is 14.8 Å². The van der Waals surface area contributed by atoms with Gasteiger partial charge in [0.2, 0.25) is 5.88 Å². The summed E-state index contributed by atoms with van der Waals surface area (Å²) < 4.78 is 13.8. The van der Waals surface area contributed by atoms with Crippen LogP contribution in [0.2, 0.25) is 0 Å². The molecule has 0 bridgehead atoms. The normalized spacial score (nSPS) is 10.6. The van der Waals surface area contributed by atoms with Crippen molar-refractivity contribution in [2.24, 2.45) is 0 Å². The van der Waals surface area contributed by atoms with Gasteiger partial charge in [0.25, 0.3) is 0 Å². The molecule has 6 heteroatoms. The van der Waals surface area contributed by atoms with Gasteiger partial charge in [-0.05, 0) is 42.3 Å². The molecule has 0 aliphatic rings. The van der Waals surface area contributed by atoms with Gasteiger partial charge in [-0.15, -0.1) is 30.3 Å². The zero-order valence-corrected chi connectivity index (χ0v) is 23.5. The number of hydrogen-bond donors (Lipinski definition) is 0.